The highest BCUT2D eigenvalue weighted by atomic mass is 16.7. The second kappa shape index (κ2) is 22.0. The summed E-state index contributed by atoms with van der Waals surface area (Å²) < 4.78 is 56.9. The molecule has 348 valence electrons. The molecule has 3 saturated heterocycles. The monoisotopic (exact) mass is 859 g/mol. The van der Waals surface area contributed by atoms with Crippen molar-refractivity contribution in [3.05, 3.63) is 12.7 Å². The van der Waals surface area contributed by atoms with E-state index in [9.17, 15) is 24.6 Å². The zero-order valence-corrected chi connectivity index (χ0v) is 38.9. The van der Waals surface area contributed by atoms with Crippen molar-refractivity contribution in [1.29, 1.82) is 0 Å². The Morgan fingerprint density at radius 3 is 2.12 bits per heavy atom. The van der Waals surface area contributed by atoms with Gasteiger partial charge in [0.2, 0.25) is 0 Å². The summed E-state index contributed by atoms with van der Waals surface area (Å²) in [5.74, 6) is -4.66. The number of nitrogens with one attached hydrogen (secondary N) is 1. The highest BCUT2D eigenvalue weighted by Gasteiger charge is 2.55. The first-order valence-corrected chi connectivity index (χ1v) is 21.6. The Hall–Kier alpha value is -2.09. The molecule has 0 aliphatic carbocycles. The molecule has 0 aromatic rings. The predicted molar refractivity (Wildman–Crippen MR) is 223 cm³/mol. The molecule has 1 unspecified atom stereocenters. The lowest BCUT2D eigenvalue weighted by atomic mass is 9.73. The fourth-order valence-electron chi connectivity index (χ4n) is 9.58. The number of likely N-dealkylation sites (N-methyl/N-ethyl adjacent to an activating group) is 1. The number of nitrogens with zero attached hydrogens (tertiary/aromatic N) is 1. The minimum absolute atomic E-state index is 0.00660. The van der Waals surface area contributed by atoms with Crippen molar-refractivity contribution in [3.8, 4) is 0 Å². The summed E-state index contributed by atoms with van der Waals surface area (Å²) in [6.07, 6.45) is -6.41. The minimum Gasteiger partial charge on any atom is -0.459 e. The van der Waals surface area contributed by atoms with E-state index in [1.54, 1.807) is 47.6 Å². The number of hydrogen-bond acceptors (Lipinski definition) is 16. The number of hydrogen-bond donors (Lipinski definition) is 3. The summed E-state index contributed by atoms with van der Waals surface area (Å²) >= 11 is 0. The van der Waals surface area contributed by atoms with E-state index in [1.807, 2.05) is 39.8 Å². The number of cyclic esters (lactones) is 1. The van der Waals surface area contributed by atoms with Gasteiger partial charge in [-0.15, -0.1) is 6.58 Å². The second-order valence-corrected chi connectivity index (χ2v) is 18.2. The summed E-state index contributed by atoms with van der Waals surface area (Å²) in [5, 5.41) is 27.1. The highest BCUT2D eigenvalue weighted by molar-refractivity contribution is 5.83. The van der Waals surface area contributed by atoms with Crippen molar-refractivity contribution in [3.63, 3.8) is 0 Å². The lowest BCUT2D eigenvalue weighted by Crippen LogP contribution is -2.62. The van der Waals surface area contributed by atoms with E-state index in [0.717, 1.165) is 0 Å². The summed E-state index contributed by atoms with van der Waals surface area (Å²) in [6, 6.07) is -0.297. The van der Waals surface area contributed by atoms with Gasteiger partial charge in [-0.3, -0.25) is 19.7 Å². The molecule has 60 heavy (non-hydrogen) atoms. The lowest BCUT2D eigenvalue weighted by molar-refractivity contribution is -0.320. The maximum Gasteiger partial charge on any atom is 0.311 e. The van der Waals surface area contributed by atoms with E-state index < -0.39 is 108 Å². The van der Waals surface area contributed by atoms with Crippen LogP contribution in [0, 0.1) is 23.7 Å². The molecular formula is C44H78N2O14. The number of carbonyl (C=O) groups is 3. The number of rotatable bonds is 14. The fourth-order valence-corrected chi connectivity index (χ4v) is 9.58. The van der Waals surface area contributed by atoms with Gasteiger partial charge in [0.1, 0.15) is 35.3 Å². The molecule has 16 nitrogen and oxygen atoms in total. The third kappa shape index (κ3) is 12.1. The first-order valence-electron chi connectivity index (χ1n) is 21.6. The number of esters is 2. The minimum atomic E-state index is -1.82. The third-order valence-electron chi connectivity index (χ3n) is 13.1. The standard InChI is InChI=1S/C44H78N2O14/c1-17-19-45-23-54-38-26(5)34(48)24(3)21-42(10,52-15)37(60-41-35(49)31(46(13)14)20-25(4)55-41)27(6)36(28(7)40(50)58-32(18-2)44(38,12)51)59-33-22-43(11,53-16)39(29(8)56-33)57-30(9)47/h17,24-29,31-33,35-39,41,45,49,51H,1,18-23H2,2-16H3/t24-,25-,26+,27+,28-,29+,31+,32-,33?,35-,36+,37-,38-,39+,41+,42+,43-,44-/m1/s1. The third-order valence-corrected chi connectivity index (χ3v) is 13.1. The van der Waals surface area contributed by atoms with Crippen LogP contribution in [-0.2, 0) is 57.0 Å². The highest BCUT2D eigenvalue weighted by Crippen LogP contribution is 2.42. The van der Waals surface area contributed by atoms with Gasteiger partial charge >= 0.3 is 11.9 Å². The first-order chi connectivity index (χ1) is 27.9. The number of Topliss-reactive ketones (excluding diaryl/α,β-unsaturated/α-hetero) is 1. The van der Waals surface area contributed by atoms with E-state index in [1.165, 1.54) is 28.1 Å². The molecule has 3 aliphatic rings. The molecule has 0 bridgehead atoms. The van der Waals surface area contributed by atoms with Crippen molar-refractivity contribution in [2.24, 2.45) is 23.7 Å². The molecule has 3 heterocycles. The van der Waals surface area contributed by atoms with Crippen molar-refractivity contribution < 1.29 is 67.2 Å². The number of methoxy groups -OCH3 is 2. The average molecular weight is 859 g/mol. The Labute approximate surface area is 358 Å². The summed E-state index contributed by atoms with van der Waals surface area (Å²) in [7, 11) is 6.82. The molecule has 3 N–H and O–H groups in total. The fraction of sp³-hybridized carbons (Fsp3) is 0.886. The van der Waals surface area contributed by atoms with Crippen molar-refractivity contribution in [1.82, 2.24) is 10.2 Å². The van der Waals surface area contributed by atoms with Crippen molar-refractivity contribution in [2.45, 2.75) is 186 Å². The molecule has 3 fully saturated rings. The SMILES string of the molecule is C=CCNCO[C@@H]1[C@@H](C)C(=O)[C@H](C)C[C@](C)(OC)[C@H](O[C@@H]2O[C@H](C)C[C@H](N(C)C)[C@H]2O)[C@@H](C)[C@H](OC2C[C@@](C)(OC)[C@@H](OC(C)=O)[C@H](C)O2)[C@@H](C)C(=O)O[C@H](CC)[C@@]1(C)O. The van der Waals surface area contributed by atoms with Crippen LogP contribution in [-0.4, -0.2) is 159 Å². The smallest absolute Gasteiger partial charge is 0.311 e. The van der Waals surface area contributed by atoms with Crippen LogP contribution in [0.25, 0.3) is 0 Å². The molecular weight excluding hydrogens is 780 g/mol. The van der Waals surface area contributed by atoms with E-state index in [-0.39, 0.29) is 43.9 Å². The molecule has 16 heteroatoms. The molecule has 0 aromatic carbocycles. The van der Waals surface area contributed by atoms with Gasteiger partial charge in [0, 0.05) is 57.9 Å². The van der Waals surface area contributed by atoms with Crippen molar-refractivity contribution in [2.75, 3.05) is 41.6 Å². The zero-order valence-electron chi connectivity index (χ0n) is 38.9. The predicted octanol–water partition coefficient (Wildman–Crippen LogP) is 3.77. The number of aliphatic hydroxyl groups is 2. The number of ether oxygens (including phenoxy) is 9. The summed E-state index contributed by atoms with van der Waals surface area (Å²) in [4.78, 5) is 43.2. The van der Waals surface area contributed by atoms with Gasteiger partial charge in [-0.25, -0.2) is 0 Å². The van der Waals surface area contributed by atoms with Gasteiger partial charge in [0.15, 0.2) is 18.7 Å². The first kappa shape index (κ1) is 52.3. The Bertz CT molecular complexity index is 1420. The van der Waals surface area contributed by atoms with Gasteiger partial charge in [-0.2, -0.15) is 0 Å². The van der Waals surface area contributed by atoms with Gasteiger partial charge < -0.3 is 57.7 Å². The van der Waals surface area contributed by atoms with E-state index in [0.29, 0.717) is 13.0 Å². The molecule has 3 aliphatic heterocycles. The Morgan fingerprint density at radius 1 is 0.950 bits per heavy atom. The van der Waals surface area contributed by atoms with Crippen LogP contribution in [0.2, 0.25) is 0 Å². The van der Waals surface area contributed by atoms with E-state index in [4.69, 9.17) is 42.6 Å². The lowest BCUT2D eigenvalue weighted by Gasteiger charge is -2.50. The van der Waals surface area contributed by atoms with Crippen LogP contribution in [0.4, 0.5) is 0 Å². The maximum atomic E-state index is 14.6. The molecule has 0 radical (unpaired) electrons. The molecule has 0 amide bonds. The quantitative estimate of drug-likeness (QED) is 0.0990. The second-order valence-electron chi connectivity index (χ2n) is 18.2. The van der Waals surface area contributed by atoms with Crippen LogP contribution in [0.1, 0.15) is 102 Å². The molecule has 3 rings (SSSR count). The van der Waals surface area contributed by atoms with Gasteiger partial charge in [0.25, 0.3) is 0 Å². The topological polar surface area (TPSA) is 190 Å². The van der Waals surface area contributed by atoms with Gasteiger partial charge in [-0.05, 0) is 74.9 Å². The summed E-state index contributed by atoms with van der Waals surface area (Å²) in [6.45, 7) is 23.1. The van der Waals surface area contributed by atoms with E-state index in [2.05, 4.69) is 11.9 Å². The normalized spacial score (nSPS) is 43.9. The van der Waals surface area contributed by atoms with Crippen LogP contribution in [0.3, 0.4) is 0 Å². The van der Waals surface area contributed by atoms with Crippen LogP contribution >= 0.6 is 0 Å². The number of aliphatic hydroxyl groups excluding tert-OH is 1. The molecule has 0 saturated carbocycles. The summed E-state index contributed by atoms with van der Waals surface area (Å²) in [5.41, 5.74) is -4.12. The number of ketones is 1. The molecule has 18 atom stereocenters. The van der Waals surface area contributed by atoms with Crippen LogP contribution < -0.4 is 5.32 Å². The molecule has 0 aromatic heterocycles. The Balaban J connectivity index is 2.25. The maximum absolute atomic E-state index is 14.6. The number of carbonyl (C=O) groups excluding carboxylic acids is 3. The zero-order chi connectivity index (χ0) is 45.5. The van der Waals surface area contributed by atoms with Crippen LogP contribution in [0.15, 0.2) is 12.7 Å². The Morgan fingerprint density at radius 2 is 1.57 bits per heavy atom. The van der Waals surface area contributed by atoms with Gasteiger partial charge in [-0.1, -0.05) is 33.8 Å². The largest absolute Gasteiger partial charge is 0.459 e. The molecule has 0 spiro atoms. The average Bonchev–Trinajstić information content (AvgIpc) is 3.18. The van der Waals surface area contributed by atoms with Crippen molar-refractivity contribution >= 4 is 17.7 Å². The Kier molecular flexibility index (Phi) is 19.2. The van der Waals surface area contributed by atoms with Crippen LogP contribution in [0.5, 0.6) is 0 Å². The van der Waals surface area contributed by atoms with Gasteiger partial charge in [0.05, 0.1) is 42.7 Å². The van der Waals surface area contributed by atoms with E-state index >= 15 is 0 Å².